The molecule has 1 aliphatic carbocycles. The highest BCUT2D eigenvalue weighted by Gasteiger charge is 2.19. The van der Waals surface area contributed by atoms with Crippen molar-refractivity contribution in [3.63, 3.8) is 0 Å². The van der Waals surface area contributed by atoms with E-state index in [0.29, 0.717) is 40.8 Å². The summed E-state index contributed by atoms with van der Waals surface area (Å²) in [6.45, 7) is -7.44. The van der Waals surface area contributed by atoms with Crippen molar-refractivity contribution in [3.05, 3.63) is 89.1 Å². The number of benzene rings is 3. The van der Waals surface area contributed by atoms with E-state index in [9.17, 15) is 0 Å². The minimum Gasteiger partial charge on any atom is -0.455 e. The third-order valence-corrected chi connectivity index (χ3v) is 6.60. The van der Waals surface area contributed by atoms with Crippen LogP contribution in [0.2, 0.25) is 0 Å². The zero-order valence-electron chi connectivity index (χ0n) is 28.0. The van der Waals surface area contributed by atoms with Gasteiger partial charge in [-0.3, -0.25) is 4.98 Å². The molecule has 2 nitrogen and oxygen atoms in total. The van der Waals surface area contributed by atoms with Crippen LogP contribution in [0.25, 0.3) is 44.3 Å². The summed E-state index contributed by atoms with van der Waals surface area (Å²) in [7, 11) is 0. The lowest BCUT2D eigenvalue weighted by atomic mass is 9.90. The summed E-state index contributed by atoms with van der Waals surface area (Å²) in [6.07, 6.45) is 4.34. The molecule has 33 heavy (non-hydrogen) atoms. The molecule has 1 aliphatic rings. The second-order valence-corrected chi connectivity index (χ2v) is 8.68. The summed E-state index contributed by atoms with van der Waals surface area (Å²) in [6, 6.07) is 16.7. The van der Waals surface area contributed by atoms with Crippen LogP contribution in [0, 0.1) is 20.6 Å². The lowest BCUT2D eigenvalue weighted by Crippen LogP contribution is -1.96. The quantitative estimate of drug-likeness (QED) is 0.279. The minimum atomic E-state index is -2.58. The highest BCUT2D eigenvalue weighted by Crippen LogP contribution is 2.39. The summed E-state index contributed by atoms with van der Waals surface area (Å²) in [5.41, 5.74) is 2.90. The first-order valence-electron chi connectivity index (χ1n) is 16.2. The number of furan rings is 1. The Kier molecular flexibility index (Phi) is 2.91. The van der Waals surface area contributed by atoms with E-state index < -0.39 is 26.4 Å². The normalized spacial score (nSPS) is 21.1. The van der Waals surface area contributed by atoms with Gasteiger partial charge in [0, 0.05) is 36.2 Å². The minimum absolute atomic E-state index is 0.00897. The van der Waals surface area contributed by atoms with E-state index in [1.807, 2.05) is 6.07 Å². The third-order valence-electron chi connectivity index (χ3n) is 6.60. The summed E-state index contributed by atoms with van der Waals surface area (Å²) in [5, 5.41) is 1.46. The number of aromatic nitrogens is 1. The maximum atomic E-state index is 8.93. The topological polar surface area (TPSA) is 26.0 Å². The standard InChI is InChI=1S/C31H29NO/c1-19-11-13-25-26-9-6-10-27(31(26)33-30(25)15-19)29-17-28(21(3)18-32-29)24-14-12-23(16-20(24)2)22-7-4-5-8-22/h6,9-18,22H,4-5,7-8H2,1-3H3/i1D3,2D3,3D3,22D. The molecular formula is C31H29NO. The summed E-state index contributed by atoms with van der Waals surface area (Å²) in [5.74, 6) is -0.870. The van der Waals surface area contributed by atoms with Gasteiger partial charge in [-0.15, -0.1) is 0 Å². The van der Waals surface area contributed by atoms with E-state index in [1.54, 1.807) is 48.5 Å². The lowest BCUT2D eigenvalue weighted by molar-refractivity contribution is 0.669. The number of pyridine rings is 1. The van der Waals surface area contributed by atoms with Gasteiger partial charge in [0.15, 0.2) is 0 Å². The Morgan fingerprint density at radius 3 is 2.61 bits per heavy atom. The van der Waals surface area contributed by atoms with Gasteiger partial charge in [0.2, 0.25) is 0 Å². The van der Waals surface area contributed by atoms with Gasteiger partial charge in [-0.25, -0.2) is 0 Å². The van der Waals surface area contributed by atoms with E-state index in [-0.39, 0.29) is 27.8 Å². The molecule has 2 heteroatoms. The van der Waals surface area contributed by atoms with E-state index in [1.165, 1.54) is 12.3 Å². The molecule has 2 heterocycles. The molecule has 1 fully saturated rings. The fraction of sp³-hybridized carbons (Fsp3) is 0.258. The third kappa shape index (κ3) is 3.45. The van der Waals surface area contributed by atoms with Crippen LogP contribution in [0.3, 0.4) is 0 Å². The molecule has 0 N–H and O–H groups in total. The van der Waals surface area contributed by atoms with Crippen LogP contribution in [-0.2, 0) is 0 Å². The average molecular weight is 442 g/mol. The van der Waals surface area contributed by atoms with Gasteiger partial charge in [0.05, 0.1) is 5.69 Å². The molecule has 0 aliphatic heterocycles. The molecule has 164 valence electrons. The Labute approximate surface area is 209 Å². The molecule has 0 amide bonds. The van der Waals surface area contributed by atoms with Gasteiger partial charge in [0.1, 0.15) is 11.2 Å². The molecule has 0 bridgehead atoms. The van der Waals surface area contributed by atoms with E-state index in [2.05, 4.69) is 4.98 Å². The Morgan fingerprint density at radius 2 is 1.76 bits per heavy atom. The molecule has 0 spiro atoms. The average Bonchev–Trinajstić information content (AvgIpc) is 3.55. The Balaban J connectivity index is 1.57. The molecule has 0 atom stereocenters. The fourth-order valence-electron chi connectivity index (χ4n) is 4.92. The summed E-state index contributed by atoms with van der Waals surface area (Å²) >= 11 is 0. The van der Waals surface area contributed by atoms with Crippen LogP contribution < -0.4 is 0 Å². The molecule has 6 rings (SSSR count). The number of fused-ring (bicyclic) bond motifs is 3. The summed E-state index contributed by atoms with van der Waals surface area (Å²) in [4.78, 5) is 4.48. The molecular weight excluding hydrogens is 402 g/mol. The van der Waals surface area contributed by atoms with Crippen molar-refractivity contribution in [3.8, 4) is 22.4 Å². The van der Waals surface area contributed by atoms with E-state index in [0.717, 1.165) is 23.6 Å². The van der Waals surface area contributed by atoms with E-state index >= 15 is 0 Å². The smallest absolute Gasteiger partial charge is 0.144 e. The van der Waals surface area contributed by atoms with Crippen molar-refractivity contribution in [1.29, 1.82) is 0 Å². The zero-order chi connectivity index (χ0) is 30.9. The van der Waals surface area contributed by atoms with Crippen LogP contribution in [0.15, 0.2) is 71.3 Å². The van der Waals surface area contributed by atoms with Crippen molar-refractivity contribution in [2.45, 2.75) is 52.1 Å². The van der Waals surface area contributed by atoms with Crippen LogP contribution in [0.4, 0.5) is 0 Å². The first kappa shape index (κ1) is 12.2. The number of rotatable bonds is 3. The maximum Gasteiger partial charge on any atom is 0.144 e. The van der Waals surface area contributed by atoms with Crippen LogP contribution >= 0.6 is 0 Å². The number of hydrogen-bond donors (Lipinski definition) is 0. The number of nitrogens with zero attached hydrogens (tertiary/aromatic N) is 1. The van der Waals surface area contributed by atoms with Crippen molar-refractivity contribution < 1.29 is 18.1 Å². The zero-order valence-corrected chi connectivity index (χ0v) is 18.0. The maximum absolute atomic E-state index is 8.93. The van der Waals surface area contributed by atoms with Crippen LogP contribution in [0.5, 0.6) is 0 Å². The SMILES string of the molecule is [2H]C([2H])([2H])c1ccc2c(c1)oc1c(-c3cc(-c4ccc(C5([2H])CCCC5)cc4C([2H])([2H])[2H])c(C([2H])([2H])[2H])cn3)cccc12. The molecule has 3 aromatic carbocycles. The molecule has 2 aromatic heterocycles. The monoisotopic (exact) mass is 441 g/mol. The molecule has 0 unspecified atom stereocenters. The van der Waals surface area contributed by atoms with Gasteiger partial charge < -0.3 is 4.42 Å². The largest absolute Gasteiger partial charge is 0.455 e. The van der Waals surface area contributed by atoms with Crippen LogP contribution in [-0.4, -0.2) is 4.98 Å². The Bertz CT molecular complexity index is 1860. The number of para-hydroxylation sites is 1. The second kappa shape index (κ2) is 7.88. The van der Waals surface area contributed by atoms with Gasteiger partial charge in [0.25, 0.3) is 0 Å². The number of hydrogen-bond acceptors (Lipinski definition) is 2. The van der Waals surface area contributed by atoms with Gasteiger partial charge >= 0.3 is 0 Å². The van der Waals surface area contributed by atoms with Crippen LogP contribution in [0.1, 0.15) is 67.5 Å². The van der Waals surface area contributed by atoms with Crippen molar-refractivity contribution in [1.82, 2.24) is 4.98 Å². The van der Waals surface area contributed by atoms with E-state index in [4.69, 9.17) is 18.1 Å². The lowest BCUT2D eigenvalue weighted by Gasteiger charge is -2.15. The molecule has 0 radical (unpaired) electrons. The Morgan fingerprint density at radius 1 is 0.848 bits per heavy atom. The second-order valence-electron chi connectivity index (χ2n) is 8.68. The van der Waals surface area contributed by atoms with Gasteiger partial charge in [-0.1, -0.05) is 55.3 Å². The van der Waals surface area contributed by atoms with Gasteiger partial charge in [-0.05, 0) is 90.9 Å². The fourth-order valence-corrected chi connectivity index (χ4v) is 4.92. The first-order valence-corrected chi connectivity index (χ1v) is 11.2. The molecule has 1 saturated carbocycles. The number of aryl methyl sites for hydroxylation is 3. The highest BCUT2D eigenvalue weighted by molar-refractivity contribution is 6.09. The Hall–Kier alpha value is -3.39. The van der Waals surface area contributed by atoms with Crippen molar-refractivity contribution in [2.24, 2.45) is 0 Å². The van der Waals surface area contributed by atoms with Gasteiger partial charge in [-0.2, -0.15) is 0 Å². The highest BCUT2D eigenvalue weighted by atomic mass is 16.3. The molecule has 5 aromatic rings. The summed E-state index contributed by atoms with van der Waals surface area (Å²) < 4.78 is 88.0. The predicted molar refractivity (Wildman–Crippen MR) is 138 cm³/mol. The van der Waals surface area contributed by atoms with Crippen molar-refractivity contribution in [2.75, 3.05) is 0 Å². The molecule has 0 saturated heterocycles. The first-order chi connectivity index (χ1) is 20.1. The van der Waals surface area contributed by atoms with Crippen molar-refractivity contribution >= 4 is 21.9 Å². The predicted octanol–water partition coefficient (Wildman–Crippen LogP) is 8.90.